The van der Waals surface area contributed by atoms with Gasteiger partial charge in [0, 0.05) is 6.20 Å². The summed E-state index contributed by atoms with van der Waals surface area (Å²) < 4.78 is 12.5. The first-order valence-electron chi connectivity index (χ1n) is 2.57. The molecule has 0 bridgehead atoms. The Bertz CT molecular complexity index is 240. The van der Waals surface area contributed by atoms with Crippen LogP contribution in [0.4, 0.5) is 10.3 Å². The second-order valence-electron chi connectivity index (χ2n) is 1.66. The molecule has 0 aliphatic carbocycles. The maximum Gasteiger partial charge on any atom is 0.220 e. The van der Waals surface area contributed by atoms with Crippen molar-refractivity contribution in [3.05, 3.63) is 16.4 Å². The molecule has 1 aromatic heterocycles. The zero-order valence-corrected chi connectivity index (χ0v) is 6.60. The molecule has 0 saturated carbocycles. The van der Waals surface area contributed by atoms with Gasteiger partial charge in [0.05, 0.1) is 10.2 Å². The van der Waals surface area contributed by atoms with E-state index in [1.165, 1.54) is 6.20 Å². The van der Waals surface area contributed by atoms with E-state index in [0.29, 0.717) is 4.47 Å². The summed E-state index contributed by atoms with van der Waals surface area (Å²) in [5.74, 6) is 0.0934. The van der Waals surface area contributed by atoms with Crippen LogP contribution < -0.4 is 5.73 Å². The zero-order chi connectivity index (χ0) is 7.56. The highest BCUT2D eigenvalue weighted by Crippen LogP contribution is 2.14. The lowest BCUT2D eigenvalue weighted by molar-refractivity contribution is 0.474. The molecule has 1 heterocycles. The topological polar surface area (TPSA) is 51.8 Å². The molecule has 0 aromatic carbocycles. The normalized spacial score (nSPS) is 9.80. The summed E-state index contributed by atoms with van der Waals surface area (Å²) in [7, 11) is 0. The largest absolute Gasteiger partial charge is 0.368 e. The van der Waals surface area contributed by atoms with Crippen LogP contribution in [0.5, 0.6) is 0 Å². The van der Waals surface area contributed by atoms with E-state index in [2.05, 4.69) is 25.9 Å². The summed E-state index contributed by atoms with van der Waals surface area (Å²) in [4.78, 5) is 7.28. The van der Waals surface area contributed by atoms with Crippen LogP contribution in [0.1, 0.15) is 5.69 Å². The summed E-state index contributed by atoms with van der Waals surface area (Å²) in [6.45, 7) is -0.632. The molecule has 3 nitrogen and oxygen atoms in total. The van der Waals surface area contributed by atoms with E-state index in [9.17, 15) is 4.39 Å². The van der Waals surface area contributed by atoms with Crippen molar-refractivity contribution in [3.63, 3.8) is 0 Å². The van der Waals surface area contributed by atoms with Crippen LogP contribution in [0.2, 0.25) is 0 Å². The van der Waals surface area contributed by atoms with Crippen molar-refractivity contribution in [2.75, 3.05) is 5.73 Å². The second-order valence-corrected chi connectivity index (χ2v) is 2.51. The van der Waals surface area contributed by atoms with E-state index >= 15 is 0 Å². The summed E-state index contributed by atoms with van der Waals surface area (Å²) in [5.41, 5.74) is 5.48. The maximum absolute atomic E-state index is 12.0. The lowest BCUT2D eigenvalue weighted by atomic mass is 10.4. The van der Waals surface area contributed by atoms with Gasteiger partial charge in [0.25, 0.3) is 0 Å². The molecular formula is C5H5BrFN3. The molecule has 0 spiro atoms. The van der Waals surface area contributed by atoms with E-state index in [0.717, 1.165) is 0 Å². The number of halogens is 2. The van der Waals surface area contributed by atoms with Crippen molar-refractivity contribution in [1.82, 2.24) is 9.97 Å². The van der Waals surface area contributed by atoms with Crippen LogP contribution in [-0.2, 0) is 6.67 Å². The molecule has 10 heavy (non-hydrogen) atoms. The number of anilines is 1. The second kappa shape index (κ2) is 2.92. The summed E-state index contributed by atoms with van der Waals surface area (Å²) >= 11 is 3.07. The summed E-state index contributed by atoms with van der Waals surface area (Å²) in [5, 5.41) is 0. The Morgan fingerprint density at radius 3 is 2.90 bits per heavy atom. The molecule has 0 radical (unpaired) electrons. The lowest BCUT2D eigenvalue weighted by Crippen LogP contribution is -1.97. The highest BCUT2D eigenvalue weighted by atomic mass is 79.9. The zero-order valence-electron chi connectivity index (χ0n) is 5.01. The van der Waals surface area contributed by atoms with Gasteiger partial charge in [-0.25, -0.2) is 14.4 Å². The summed E-state index contributed by atoms with van der Waals surface area (Å²) in [6, 6.07) is 0. The first kappa shape index (κ1) is 7.40. The smallest absolute Gasteiger partial charge is 0.220 e. The van der Waals surface area contributed by atoms with Gasteiger partial charge in [-0.1, -0.05) is 0 Å². The predicted octanol–water partition coefficient (Wildman–Crippen LogP) is 1.29. The molecule has 54 valence electrons. The van der Waals surface area contributed by atoms with Gasteiger partial charge in [-0.15, -0.1) is 0 Å². The van der Waals surface area contributed by atoms with Crippen molar-refractivity contribution >= 4 is 21.9 Å². The van der Waals surface area contributed by atoms with Crippen molar-refractivity contribution < 1.29 is 4.39 Å². The van der Waals surface area contributed by atoms with Gasteiger partial charge >= 0.3 is 0 Å². The van der Waals surface area contributed by atoms with Crippen molar-refractivity contribution in [3.8, 4) is 0 Å². The van der Waals surface area contributed by atoms with Gasteiger partial charge in [-0.3, -0.25) is 0 Å². The average molecular weight is 206 g/mol. The first-order chi connectivity index (χ1) is 4.74. The molecule has 0 unspecified atom stereocenters. The van der Waals surface area contributed by atoms with Crippen LogP contribution in [0.25, 0.3) is 0 Å². The molecule has 1 aromatic rings. The van der Waals surface area contributed by atoms with Gasteiger partial charge in [0.15, 0.2) is 0 Å². The van der Waals surface area contributed by atoms with Gasteiger partial charge in [0.1, 0.15) is 6.67 Å². The Hall–Kier alpha value is -0.710. The fourth-order valence-electron chi connectivity index (χ4n) is 0.512. The molecule has 0 atom stereocenters. The minimum absolute atomic E-state index is 0.0934. The Balaban J connectivity index is 3.09. The molecule has 0 amide bonds. The number of aromatic nitrogens is 2. The third-order valence-electron chi connectivity index (χ3n) is 0.962. The Morgan fingerprint density at radius 2 is 2.40 bits per heavy atom. The fraction of sp³-hybridized carbons (Fsp3) is 0.200. The molecule has 0 fully saturated rings. The molecule has 0 saturated heterocycles. The van der Waals surface area contributed by atoms with Crippen LogP contribution in [0, 0.1) is 0 Å². The van der Waals surface area contributed by atoms with E-state index in [1.807, 2.05) is 0 Å². The number of nitrogens with two attached hydrogens (primary N) is 1. The number of nitrogens with zero attached hydrogens (tertiary/aromatic N) is 2. The number of alkyl halides is 1. The standard InChI is InChI=1S/C5H5BrFN3/c6-3-2-9-5(8)10-4(3)1-7/h2H,1H2,(H2,8,9,10). The fourth-order valence-corrected chi connectivity index (χ4v) is 0.809. The third-order valence-corrected chi connectivity index (χ3v) is 1.62. The highest BCUT2D eigenvalue weighted by Gasteiger charge is 2.00. The van der Waals surface area contributed by atoms with E-state index in [4.69, 9.17) is 5.73 Å². The van der Waals surface area contributed by atoms with Crippen molar-refractivity contribution in [2.45, 2.75) is 6.67 Å². The number of nitrogen functional groups attached to an aromatic ring is 1. The number of hydrogen-bond acceptors (Lipinski definition) is 3. The molecule has 1 rings (SSSR count). The van der Waals surface area contributed by atoms with E-state index < -0.39 is 6.67 Å². The molecule has 5 heteroatoms. The molecular weight excluding hydrogens is 201 g/mol. The van der Waals surface area contributed by atoms with Crippen molar-refractivity contribution in [1.29, 1.82) is 0 Å². The van der Waals surface area contributed by atoms with Crippen LogP contribution in [-0.4, -0.2) is 9.97 Å². The molecule has 0 aliphatic rings. The number of hydrogen-bond donors (Lipinski definition) is 1. The first-order valence-corrected chi connectivity index (χ1v) is 3.36. The predicted molar refractivity (Wildman–Crippen MR) is 39.0 cm³/mol. The Kier molecular flexibility index (Phi) is 2.16. The highest BCUT2D eigenvalue weighted by molar-refractivity contribution is 9.10. The SMILES string of the molecule is Nc1ncc(Br)c(CF)n1. The minimum atomic E-state index is -0.632. The van der Waals surface area contributed by atoms with Gasteiger partial charge in [-0.05, 0) is 15.9 Å². The van der Waals surface area contributed by atoms with Gasteiger partial charge in [0.2, 0.25) is 5.95 Å². The van der Waals surface area contributed by atoms with Crippen molar-refractivity contribution in [2.24, 2.45) is 0 Å². The molecule has 0 aliphatic heterocycles. The van der Waals surface area contributed by atoms with Crippen LogP contribution in [0.3, 0.4) is 0 Å². The monoisotopic (exact) mass is 205 g/mol. The van der Waals surface area contributed by atoms with Crippen LogP contribution in [0.15, 0.2) is 10.7 Å². The summed E-state index contributed by atoms with van der Waals surface area (Å²) in [6.07, 6.45) is 1.43. The third kappa shape index (κ3) is 1.41. The molecule has 2 N–H and O–H groups in total. The lowest BCUT2D eigenvalue weighted by Gasteiger charge is -1.96. The maximum atomic E-state index is 12.0. The Labute approximate surface area is 65.6 Å². The quantitative estimate of drug-likeness (QED) is 0.753. The van der Waals surface area contributed by atoms with Gasteiger partial charge < -0.3 is 5.73 Å². The van der Waals surface area contributed by atoms with E-state index in [1.54, 1.807) is 0 Å². The minimum Gasteiger partial charge on any atom is -0.368 e. The van der Waals surface area contributed by atoms with Gasteiger partial charge in [-0.2, -0.15) is 0 Å². The Morgan fingerprint density at radius 1 is 1.70 bits per heavy atom. The average Bonchev–Trinajstić information content (AvgIpc) is 1.94. The van der Waals surface area contributed by atoms with Crippen LogP contribution >= 0.6 is 15.9 Å². The number of rotatable bonds is 1. The van der Waals surface area contributed by atoms with E-state index in [-0.39, 0.29) is 11.6 Å².